The van der Waals surface area contributed by atoms with Crippen molar-refractivity contribution in [2.75, 3.05) is 32.7 Å². The van der Waals surface area contributed by atoms with Crippen LogP contribution in [0, 0.1) is 5.82 Å². The second-order valence-corrected chi connectivity index (χ2v) is 7.51. The molecule has 0 saturated carbocycles. The summed E-state index contributed by atoms with van der Waals surface area (Å²) in [6, 6.07) is 28.1. The predicted octanol–water partition coefficient (Wildman–Crippen LogP) is 5.25. The lowest BCUT2D eigenvalue weighted by molar-refractivity contribution is 0.118. The molecule has 3 heteroatoms. The molecule has 4 rings (SSSR count). The minimum atomic E-state index is -0.185. The molecule has 1 heterocycles. The third-order valence-corrected chi connectivity index (χ3v) is 5.55. The molecule has 0 amide bonds. The summed E-state index contributed by atoms with van der Waals surface area (Å²) in [5, 5.41) is 0. The van der Waals surface area contributed by atoms with Gasteiger partial charge in [-0.25, -0.2) is 4.39 Å². The second kappa shape index (κ2) is 9.64. The van der Waals surface area contributed by atoms with E-state index >= 15 is 0 Å². The molecule has 0 N–H and O–H groups in total. The van der Waals surface area contributed by atoms with Gasteiger partial charge in [0.1, 0.15) is 5.82 Å². The highest BCUT2D eigenvalue weighted by atomic mass is 19.1. The van der Waals surface area contributed by atoms with E-state index in [1.807, 2.05) is 24.3 Å². The Balaban J connectivity index is 1.41. The van der Waals surface area contributed by atoms with Crippen LogP contribution < -0.4 is 0 Å². The number of piperazine rings is 1. The van der Waals surface area contributed by atoms with E-state index in [-0.39, 0.29) is 11.9 Å². The fourth-order valence-corrected chi connectivity index (χ4v) is 4.00. The second-order valence-electron chi connectivity index (χ2n) is 7.51. The first-order valence-corrected chi connectivity index (χ1v) is 10.3. The lowest BCUT2D eigenvalue weighted by Crippen LogP contribution is -2.47. The molecule has 3 aromatic carbocycles. The molecule has 0 aromatic heterocycles. The first-order valence-electron chi connectivity index (χ1n) is 10.3. The van der Waals surface area contributed by atoms with Crippen LogP contribution in [0.1, 0.15) is 22.7 Å². The van der Waals surface area contributed by atoms with Crippen molar-refractivity contribution in [3.05, 3.63) is 114 Å². The van der Waals surface area contributed by atoms with Crippen molar-refractivity contribution >= 4 is 6.08 Å². The molecular formula is C26H27FN2. The van der Waals surface area contributed by atoms with Gasteiger partial charge in [0.15, 0.2) is 0 Å². The Kier molecular flexibility index (Phi) is 6.50. The van der Waals surface area contributed by atoms with E-state index in [1.54, 1.807) is 12.1 Å². The van der Waals surface area contributed by atoms with Gasteiger partial charge in [-0.2, -0.15) is 0 Å². The molecule has 0 aliphatic carbocycles. The summed E-state index contributed by atoms with van der Waals surface area (Å²) in [6.45, 7) is 5.02. The highest BCUT2D eigenvalue weighted by molar-refractivity contribution is 5.48. The summed E-state index contributed by atoms with van der Waals surface area (Å²) >= 11 is 0. The quantitative estimate of drug-likeness (QED) is 0.571. The minimum absolute atomic E-state index is 0.166. The number of hydrogen-bond donors (Lipinski definition) is 0. The van der Waals surface area contributed by atoms with Crippen LogP contribution in [-0.4, -0.2) is 42.5 Å². The Labute approximate surface area is 172 Å². The monoisotopic (exact) mass is 386 g/mol. The molecule has 1 atom stereocenters. The van der Waals surface area contributed by atoms with Crippen molar-refractivity contribution in [3.63, 3.8) is 0 Å². The minimum Gasteiger partial charge on any atom is -0.297 e. The summed E-state index contributed by atoms with van der Waals surface area (Å²) in [5.74, 6) is -0.185. The molecule has 1 fully saturated rings. The van der Waals surface area contributed by atoms with Gasteiger partial charge in [0.2, 0.25) is 0 Å². The van der Waals surface area contributed by atoms with Gasteiger partial charge in [-0.3, -0.25) is 9.80 Å². The molecule has 3 aromatic rings. The smallest absolute Gasteiger partial charge is 0.123 e. The van der Waals surface area contributed by atoms with Gasteiger partial charge in [0.25, 0.3) is 0 Å². The lowest BCUT2D eigenvalue weighted by Gasteiger charge is -2.39. The Morgan fingerprint density at radius 1 is 0.724 bits per heavy atom. The van der Waals surface area contributed by atoms with Crippen molar-refractivity contribution in [2.24, 2.45) is 0 Å². The number of hydrogen-bond acceptors (Lipinski definition) is 2. The van der Waals surface area contributed by atoms with Gasteiger partial charge >= 0.3 is 0 Å². The summed E-state index contributed by atoms with van der Waals surface area (Å²) < 4.78 is 13.5. The van der Waals surface area contributed by atoms with Crippen LogP contribution in [0.5, 0.6) is 0 Å². The topological polar surface area (TPSA) is 6.48 Å². The molecule has 0 spiro atoms. The molecule has 29 heavy (non-hydrogen) atoms. The molecule has 2 nitrogen and oxygen atoms in total. The summed E-state index contributed by atoms with van der Waals surface area (Å²) in [7, 11) is 0. The Morgan fingerprint density at radius 3 is 1.97 bits per heavy atom. The zero-order valence-electron chi connectivity index (χ0n) is 16.6. The maximum Gasteiger partial charge on any atom is 0.123 e. The molecule has 148 valence electrons. The highest BCUT2D eigenvalue weighted by Crippen LogP contribution is 2.29. The summed E-state index contributed by atoms with van der Waals surface area (Å²) in [4.78, 5) is 5.00. The van der Waals surface area contributed by atoms with Gasteiger partial charge in [0.05, 0.1) is 6.04 Å². The molecular weight excluding hydrogens is 359 g/mol. The van der Waals surface area contributed by atoms with E-state index in [9.17, 15) is 4.39 Å². The standard InChI is InChI=1S/C26H27FN2/c27-25-15-13-24(14-16-25)26(23-11-5-2-6-12-23)29-20-18-28(19-21-29)17-7-10-22-8-3-1-4-9-22/h1-16,26H,17-21H2/b10-7+. The van der Waals surface area contributed by atoms with Gasteiger partial charge < -0.3 is 0 Å². The van der Waals surface area contributed by atoms with Crippen molar-refractivity contribution < 1.29 is 4.39 Å². The van der Waals surface area contributed by atoms with E-state index in [0.717, 1.165) is 38.3 Å². The zero-order valence-corrected chi connectivity index (χ0v) is 16.6. The SMILES string of the molecule is Fc1ccc(C(c2ccccc2)N2CCN(C/C=C/c3ccccc3)CC2)cc1. The highest BCUT2D eigenvalue weighted by Gasteiger charge is 2.26. The van der Waals surface area contributed by atoms with E-state index in [1.165, 1.54) is 11.1 Å². The maximum absolute atomic E-state index is 13.5. The molecule has 1 aliphatic heterocycles. The fourth-order valence-electron chi connectivity index (χ4n) is 4.00. The first-order chi connectivity index (χ1) is 14.3. The van der Waals surface area contributed by atoms with Crippen molar-refractivity contribution in [3.8, 4) is 0 Å². The largest absolute Gasteiger partial charge is 0.297 e. The van der Waals surface area contributed by atoms with Crippen LogP contribution in [0.25, 0.3) is 6.08 Å². The van der Waals surface area contributed by atoms with Crippen molar-refractivity contribution in [2.45, 2.75) is 6.04 Å². The molecule has 0 radical (unpaired) electrons. The Bertz CT molecular complexity index is 898. The summed E-state index contributed by atoms with van der Waals surface area (Å²) in [5.41, 5.74) is 3.65. The average Bonchev–Trinajstić information content (AvgIpc) is 2.78. The van der Waals surface area contributed by atoms with Gasteiger partial charge in [-0.05, 0) is 28.8 Å². The van der Waals surface area contributed by atoms with Gasteiger partial charge in [-0.1, -0.05) is 84.9 Å². The number of rotatable bonds is 6. The predicted molar refractivity (Wildman–Crippen MR) is 118 cm³/mol. The van der Waals surface area contributed by atoms with E-state index in [0.29, 0.717) is 0 Å². The van der Waals surface area contributed by atoms with Crippen LogP contribution >= 0.6 is 0 Å². The normalized spacial score (nSPS) is 16.9. The van der Waals surface area contributed by atoms with Crippen molar-refractivity contribution in [1.82, 2.24) is 9.80 Å². The average molecular weight is 387 g/mol. The van der Waals surface area contributed by atoms with Crippen LogP contribution in [-0.2, 0) is 0 Å². The van der Waals surface area contributed by atoms with Crippen LogP contribution in [0.15, 0.2) is 91.0 Å². The van der Waals surface area contributed by atoms with E-state index < -0.39 is 0 Å². The number of nitrogens with zero attached hydrogens (tertiary/aromatic N) is 2. The molecule has 1 unspecified atom stereocenters. The zero-order chi connectivity index (χ0) is 19.9. The molecule has 1 saturated heterocycles. The van der Waals surface area contributed by atoms with E-state index in [2.05, 4.69) is 70.5 Å². The van der Waals surface area contributed by atoms with Gasteiger partial charge in [0, 0.05) is 32.7 Å². The van der Waals surface area contributed by atoms with Gasteiger partial charge in [-0.15, -0.1) is 0 Å². The Morgan fingerprint density at radius 2 is 1.31 bits per heavy atom. The maximum atomic E-state index is 13.5. The third kappa shape index (κ3) is 5.20. The van der Waals surface area contributed by atoms with Crippen LogP contribution in [0.2, 0.25) is 0 Å². The fraction of sp³-hybridized carbons (Fsp3) is 0.231. The summed E-state index contributed by atoms with van der Waals surface area (Å²) in [6.07, 6.45) is 4.44. The first kappa shape index (κ1) is 19.6. The number of benzene rings is 3. The van der Waals surface area contributed by atoms with E-state index in [4.69, 9.17) is 0 Å². The molecule has 1 aliphatic rings. The number of halogens is 1. The Hall–Kier alpha value is -2.75. The third-order valence-electron chi connectivity index (χ3n) is 5.55. The van der Waals surface area contributed by atoms with Crippen LogP contribution in [0.3, 0.4) is 0 Å². The lowest BCUT2D eigenvalue weighted by atomic mass is 9.96. The van der Waals surface area contributed by atoms with Crippen molar-refractivity contribution in [1.29, 1.82) is 0 Å². The molecule has 0 bridgehead atoms. The van der Waals surface area contributed by atoms with Crippen LogP contribution in [0.4, 0.5) is 4.39 Å².